The summed E-state index contributed by atoms with van der Waals surface area (Å²) in [5, 5.41) is 0. The Hall–Kier alpha value is 0.960. The molecular formula is C5H8Br2. The average Bonchev–Trinajstić information content (AvgIpc) is 2.13. The Morgan fingerprint density at radius 3 is 2.14 bits per heavy atom. The molecule has 0 saturated heterocycles. The van der Waals surface area contributed by atoms with Gasteiger partial charge in [0.05, 0.1) is 3.23 Å². The van der Waals surface area contributed by atoms with Crippen LogP contribution in [0.4, 0.5) is 0 Å². The molecule has 1 atom stereocenters. The molecule has 0 heterocycles. The van der Waals surface area contributed by atoms with E-state index in [0.717, 1.165) is 5.92 Å². The largest absolute Gasteiger partial charge is 0.0837 e. The van der Waals surface area contributed by atoms with Crippen molar-refractivity contribution in [3.8, 4) is 0 Å². The van der Waals surface area contributed by atoms with Gasteiger partial charge in [-0.15, -0.1) is 0 Å². The Morgan fingerprint density at radius 1 is 1.71 bits per heavy atom. The van der Waals surface area contributed by atoms with Crippen molar-refractivity contribution in [1.82, 2.24) is 0 Å². The fourth-order valence-corrected chi connectivity index (χ4v) is 2.14. The summed E-state index contributed by atoms with van der Waals surface area (Å²) >= 11 is 7.06. The van der Waals surface area contributed by atoms with Crippen LogP contribution in [0.15, 0.2) is 0 Å². The summed E-state index contributed by atoms with van der Waals surface area (Å²) in [4.78, 5) is 0. The van der Waals surface area contributed by atoms with Crippen LogP contribution < -0.4 is 0 Å². The zero-order valence-electron chi connectivity index (χ0n) is 4.25. The minimum Gasteiger partial charge on any atom is -0.0724 e. The van der Waals surface area contributed by atoms with Crippen molar-refractivity contribution >= 4 is 31.9 Å². The highest BCUT2D eigenvalue weighted by Crippen LogP contribution is 2.57. The van der Waals surface area contributed by atoms with Gasteiger partial charge in [-0.2, -0.15) is 0 Å². The first kappa shape index (κ1) is 6.09. The molecule has 0 amide bonds. The summed E-state index contributed by atoms with van der Waals surface area (Å²) in [6.07, 6.45) is 2.58. The van der Waals surface area contributed by atoms with E-state index in [1.54, 1.807) is 0 Å². The first-order chi connectivity index (χ1) is 3.17. The third kappa shape index (κ3) is 1.20. The first-order valence-electron chi connectivity index (χ1n) is 2.54. The van der Waals surface area contributed by atoms with E-state index in [0.29, 0.717) is 3.23 Å². The summed E-state index contributed by atoms with van der Waals surface area (Å²) in [5.41, 5.74) is 0. The van der Waals surface area contributed by atoms with E-state index >= 15 is 0 Å². The number of rotatable bonds is 1. The van der Waals surface area contributed by atoms with E-state index in [4.69, 9.17) is 0 Å². The van der Waals surface area contributed by atoms with Gasteiger partial charge in [-0.1, -0.05) is 45.2 Å². The van der Waals surface area contributed by atoms with Gasteiger partial charge in [0.2, 0.25) is 0 Å². The van der Waals surface area contributed by atoms with Crippen LogP contribution in [0.25, 0.3) is 0 Å². The van der Waals surface area contributed by atoms with Crippen LogP contribution in [0.1, 0.15) is 19.8 Å². The smallest absolute Gasteiger partial charge is 0.0724 e. The van der Waals surface area contributed by atoms with E-state index in [1.807, 2.05) is 0 Å². The van der Waals surface area contributed by atoms with Crippen molar-refractivity contribution in [2.75, 3.05) is 0 Å². The monoisotopic (exact) mass is 226 g/mol. The SMILES string of the molecule is CC[C@@H]1CC1(Br)Br. The Bertz CT molecular complexity index is 78.1. The molecule has 42 valence electrons. The highest BCUT2D eigenvalue weighted by molar-refractivity contribution is 9.25. The van der Waals surface area contributed by atoms with Gasteiger partial charge in [-0.25, -0.2) is 0 Å². The van der Waals surface area contributed by atoms with Gasteiger partial charge in [-0.05, 0) is 12.3 Å². The number of alkyl halides is 2. The molecule has 0 N–H and O–H groups in total. The number of hydrogen-bond acceptors (Lipinski definition) is 0. The topological polar surface area (TPSA) is 0 Å². The average molecular weight is 228 g/mol. The minimum absolute atomic E-state index is 0.342. The normalized spacial score (nSPS) is 35.6. The predicted molar refractivity (Wildman–Crippen MR) is 39.0 cm³/mol. The molecule has 0 bridgehead atoms. The zero-order valence-corrected chi connectivity index (χ0v) is 7.42. The first-order valence-corrected chi connectivity index (χ1v) is 4.13. The maximum absolute atomic E-state index is 3.53. The molecule has 0 unspecified atom stereocenters. The second-order valence-corrected chi connectivity index (χ2v) is 5.96. The maximum Gasteiger partial charge on any atom is 0.0837 e. The molecule has 0 radical (unpaired) electrons. The van der Waals surface area contributed by atoms with Crippen molar-refractivity contribution in [1.29, 1.82) is 0 Å². The van der Waals surface area contributed by atoms with E-state index < -0.39 is 0 Å². The molecule has 1 aliphatic carbocycles. The Kier molecular flexibility index (Phi) is 1.50. The molecule has 0 nitrogen and oxygen atoms in total. The van der Waals surface area contributed by atoms with E-state index in [2.05, 4.69) is 38.8 Å². The third-order valence-electron chi connectivity index (χ3n) is 1.45. The lowest BCUT2D eigenvalue weighted by molar-refractivity contribution is 0.798. The Labute approximate surface area is 60.9 Å². The lowest BCUT2D eigenvalue weighted by atomic mass is 10.3. The molecule has 1 saturated carbocycles. The predicted octanol–water partition coefficient (Wildman–Crippen LogP) is 2.90. The van der Waals surface area contributed by atoms with Crippen LogP contribution in [0, 0.1) is 5.92 Å². The number of hydrogen-bond donors (Lipinski definition) is 0. The lowest BCUT2D eigenvalue weighted by Gasteiger charge is -1.90. The minimum atomic E-state index is 0.342. The molecule has 1 fully saturated rings. The quantitative estimate of drug-likeness (QED) is 0.605. The summed E-state index contributed by atoms with van der Waals surface area (Å²) in [7, 11) is 0. The highest BCUT2D eigenvalue weighted by Gasteiger charge is 2.48. The summed E-state index contributed by atoms with van der Waals surface area (Å²) < 4.78 is 0.342. The van der Waals surface area contributed by atoms with Gasteiger partial charge in [0, 0.05) is 0 Å². The van der Waals surface area contributed by atoms with Crippen molar-refractivity contribution in [3.05, 3.63) is 0 Å². The second-order valence-electron chi connectivity index (χ2n) is 2.07. The summed E-state index contributed by atoms with van der Waals surface area (Å²) in [6, 6.07) is 0. The fraction of sp³-hybridized carbons (Fsp3) is 1.00. The van der Waals surface area contributed by atoms with Crippen LogP contribution in [-0.4, -0.2) is 3.23 Å². The molecule has 1 aliphatic rings. The molecule has 0 aromatic heterocycles. The third-order valence-corrected chi connectivity index (χ3v) is 3.39. The van der Waals surface area contributed by atoms with Crippen molar-refractivity contribution in [2.24, 2.45) is 5.92 Å². The van der Waals surface area contributed by atoms with Gasteiger partial charge in [0.15, 0.2) is 0 Å². The molecule has 0 aromatic rings. The molecule has 0 aliphatic heterocycles. The molecule has 0 spiro atoms. The fourth-order valence-electron chi connectivity index (χ4n) is 0.713. The Morgan fingerprint density at radius 2 is 2.14 bits per heavy atom. The van der Waals surface area contributed by atoms with Gasteiger partial charge >= 0.3 is 0 Å². The van der Waals surface area contributed by atoms with Gasteiger partial charge in [0.25, 0.3) is 0 Å². The highest BCUT2D eigenvalue weighted by atomic mass is 79.9. The maximum atomic E-state index is 3.53. The number of halogens is 2. The standard InChI is InChI=1S/C5H8Br2/c1-2-4-3-5(4,6)7/h4H,2-3H2,1H3/t4-/m1/s1. The van der Waals surface area contributed by atoms with E-state index in [-0.39, 0.29) is 0 Å². The van der Waals surface area contributed by atoms with Crippen LogP contribution in [0.3, 0.4) is 0 Å². The van der Waals surface area contributed by atoms with Crippen molar-refractivity contribution in [2.45, 2.75) is 23.0 Å². The zero-order chi connectivity index (χ0) is 5.49. The lowest BCUT2D eigenvalue weighted by Crippen LogP contribution is -1.83. The molecule has 0 aromatic carbocycles. The second kappa shape index (κ2) is 1.73. The van der Waals surface area contributed by atoms with Gasteiger partial charge in [0.1, 0.15) is 0 Å². The van der Waals surface area contributed by atoms with Crippen LogP contribution in [0.2, 0.25) is 0 Å². The molecule has 7 heavy (non-hydrogen) atoms. The van der Waals surface area contributed by atoms with E-state index in [1.165, 1.54) is 12.8 Å². The molecular weight excluding hydrogens is 220 g/mol. The van der Waals surface area contributed by atoms with Crippen molar-refractivity contribution in [3.63, 3.8) is 0 Å². The molecule has 1 rings (SSSR count). The van der Waals surface area contributed by atoms with Crippen molar-refractivity contribution < 1.29 is 0 Å². The van der Waals surface area contributed by atoms with Crippen LogP contribution in [0.5, 0.6) is 0 Å². The van der Waals surface area contributed by atoms with Crippen LogP contribution in [-0.2, 0) is 0 Å². The Balaban J connectivity index is 2.30. The van der Waals surface area contributed by atoms with E-state index in [9.17, 15) is 0 Å². The van der Waals surface area contributed by atoms with Gasteiger partial charge in [-0.3, -0.25) is 0 Å². The summed E-state index contributed by atoms with van der Waals surface area (Å²) in [5.74, 6) is 0.882. The summed E-state index contributed by atoms with van der Waals surface area (Å²) in [6.45, 7) is 2.22. The molecule has 2 heteroatoms. The van der Waals surface area contributed by atoms with Gasteiger partial charge < -0.3 is 0 Å². The van der Waals surface area contributed by atoms with Crippen LogP contribution >= 0.6 is 31.9 Å².